The number of ether oxygens (including phenoxy) is 1. The van der Waals surface area contributed by atoms with Crippen LogP contribution in [0.4, 0.5) is 0 Å². The number of benzene rings is 1. The molecule has 0 fully saturated rings. The van der Waals surface area contributed by atoms with Crippen LogP contribution in [0.25, 0.3) is 0 Å². The van der Waals surface area contributed by atoms with E-state index in [0.717, 1.165) is 28.6 Å². The van der Waals surface area contributed by atoms with Gasteiger partial charge in [0, 0.05) is 0 Å². The van der Waals surface area contributed by atoms with E-state index >= 15 is 0 Å². The van der Waals surface area contributed by atoms with Crippen LogP contribution in [-0.2, 0) is 0 Å². The Balaban J connectivity index is 2.81. The molecule has 1 rings (SSSR count). The van der Waals surface area contributed by atoms with Gasteiger partial charge in [0.15, 0.2) is 0 Å². The lowest BCUT2D eigenvalue weighted by molar-refractivity contribution is 0.338. The van der Waals surface area contributed by atoms with Gasteiger partial charge in [0.05, 0.1) is 16.5 Å². The van der Waals surface area contributed by atoms with Gasteiger partial charge in [0.1, 0.15) is 5.75 Å². The van der Waals surface area contributed by atoms with Crippen LogP contribution in [0, 0.1) is 0 Å². The summed E-state index contributed by atoms with van der Waals surface area (Å²) in [5.41, 5.74) is 1.15. The first-order valence-electron chi connectivity index (χ1n) is 5.25. The van der Waals surface area contributed by atoms with E-state index < -0.39 is 0 Å². The van der Waals surface area contributed by atoms with Crippen molar-refractivity contribution in [3.05, 3.63) is 28.2 Å². The fourth-order valence-corrected chi connectivity index (χ4v) is 2.27. The van der Waals surface area contributed by atoms with Crippen LogP contribution in [0.1, 0.15) is 37.6 Å². The van der Waals surface area contributed by atoms with Crippen molar-refractivity contribution in [2.45, 2.75) is 32.1 Å². The first kappa shape index (κ1) is 12.9. The minimum atomic E-state index is 0.0991. The predicted molar refractivity (Wildman–Crippen MR) is 68.8 cm³/mol. The van der Waals surface area contributed by atoms with Gasteiger partial charge in [-0.05, 0) is 47.0 Å². The highest BCUT2D eigenvalue weighted by Crippen LogP contribution is 2.32. The topological polar surface area (TPSA) is 9.23 Å². The Morgan fingerprint density at radius 1 is 1.40 bits per heavy atom. The fourth-order valence-electron chi connectivity index (χ4n) is 1.40. The van der Waals surface area contributed by atoms with Gasteiger partial charge in [0.25, 0.3) is 0 Å². The van der Waals surface area contributed by atoms with E-state index in [9.17, 15) is 0 Å². The third kappa shape index (κ3) is 3.69. The van der Waals surface area contributed by atoms with Gasteiger partial charge >= 0.3 is 0 Å². The highest BCUT2D eigenvalue weighted by molar-refractivity contribution is 9.10. The van der Waals surface area contributed by atoms with Crippen LogP contribution in [0.5, 0.6) is 5.75 Å². The summed E-state index contributed by atoms with van der Waals surface area (Å²) in [6.07, 6.45) is 2.10. The largest absolute Gasteiger partial charge is 0.493 e. The molecule has 1 unspecified atom stereocenters. The number of rotatable bonds is 5. The summed E-state index contributed by atoms with van der Waals surface area (Å²) in [6, 6.07) is 6.04. The van der Waals surface area contributed by atoms with E-state index in [1.165, 1.54) is 0 Å². The molecule has 0 aliphatic rings. The molecule has 0 aliphatic carbocycles. The lowest BCUT2D eigenvalue weighted by Crippen LogP contribution is -1.95. The summed E-state index contributed by atoms with van der Waals surface area (Å²) in [4.78, 5) is 0. The lowest BCUT2D eigenvalue weighted by atomic mass is 10.1. The molecule has 15 heavy (non-hydrogen) atoms. The summed E-state index contributed by atoms with van der Waals surface area (Å²) in [7, 11) is 0. The molecule has 1 aromatic rings. The predicted octanol–water partition coefficient (Wildman–Crippen LogP) is 4.93. The number of hydrogen-bond donors (Lipinski definition) is 0. The molecule has 84 valence electrons. The molecule has 0 N–H and O–H groups in total. The molecule has 0 amide bonds. The van der Waals surface area contributed by atoms with E-state index in [2.05, 4.69) is 22.9 Å². The Morgan fingerprint density at radius 2 is 2.13 bits per heavy atom. The molecule has 1 nitrogen and oxygen atoms in total. The van der Waals surface area contributed by atoms with E-state index in [4.69, 9.17) is 16.3 Å². The van der Waals surface area contributed by atoms with E-state index in [1.807, 2.05) is 25.1 Å². The average Bonchev–Trinajstić information content (AvgIpc) is 2.21. The number of halogens is 2. The lowest BCUT2D eigenvalue weighted by Gasteiger charge is -2.11. The summed E-state index contributed by atoms with van der Waals surface area (Å²) in [5.74, 6) is 0.876. The molecular weight excluding hydrogens is 275 g/mol. The first-order valence-corrected chi connectivity index (χ1v) is 6.48. The van der Waals surface area contributed by atoms with Gasteiger partial charge in [-0.3, -0.25) is 0 Å². The van der Waals surface area contributed by atoms with Crippen molar-refractivity contribution in [2.24, 2.45) is 0 Å². The van der Waals surface area contributed by atoms with Gasteiger partial charge in [-0.15, -0.1) is 11.6 Å². The second-order valence-electron chi connectivity index (χ2n) is 3.38. The Hall–Kier alpha value is -0.210. The molecule has 3 heteroatoms. The van der Waals surface area contributed by atoms with Crippen molar-refractivity contribution in [3.63, 3.8) is 0 Å². The van der Waals surface area contributed by atoms with Crippen molar-refractivity contribution in [1.29, 1.82) is 0 Å². The van der Waals surface area contributed by atoms with Gasteiger partial charge < -0.3 is 4.74 Å². The van der Waals surface area contributed by atoms with Crippen molar-refractivity contribution in [1.82, 2.24) is 0 Å². The Bertz CT molecular complexity index is 314. The normalized spacial score (nSPS) is 12.5. The minimum Gasteiger partial charge on any atom is -0.493 e. The van der Waals surface area contributed by atoms with Gasteiger partial charge in [-0.2, -0.15) is 0 Å². The zero-order chi connectivity index (χ0) is 11.3. The maximum atomic E-state index is 6.25. The maximum absolute atomic E-state index is 6.25. The quantitative estimate of drug-likeness (QED) is 0.699. The van der Waals surface area contributed by atoms with Gasteiger partial charge in [-0.25, -0.2) is 0 Å². The van der Waals surface area contributed by atoms with Crippen LogP contribution >= 0.6 is 27.5 Å². The molecule has 0 radical (unpaired) electrons. The minimum absolute atomic E-state index is 0.0991. The Morgan fingerprint density at radius 3 is 2.67 bits per heavy atom. The van der Waals surface area contributed by atoms with E-state index in [1.54, 1.807) is 0 Å². The van der Waals surface area contributed by atoms with Crippen molar-refractivity contribution in [3.8, 4) is 5.75 Å². The molecular formula is C12H16BrClO. The van der Waals surface area contributed by atoms with Crippen LogP contribution < -0.4 is 4.74 Å². The van der Waals surface area contributed by atoms with Crippen molar-refractivity contribution < 1.29 is 4.74 Å². The highest BCUT2D eigenvalue weighted by atomic mass is 79.9. The molecule has 1 aromatic carbocycles. The van der Waals surface area contributed by atoms with Crippen molar-refractivity contribution in [2.75, 3.05) is 6.61 Å². The SMILES string of the molecule is CCCC(Cl)c1ccc(OCC)c(Br)c1. The molecule has 0 saturated heterocycles. The summed E-state index contributed by atoms with van der Waals surface area (Å²) < 4.78 is 6.42. The second kappa shape index (κ2) is 6.39. The van der Waals surface area contributed by atoms with Crippen LogP contribution in [0.3, 0.4) is 0 Å². The summed E-state index contributed by atoms with van der Waals surface area (Å²) in [5, 5.41) is 0.0991. The molecule has 0 heterocycles. The zero-order valence-corrected chi connectivity index (χ0v) is 11.4. The van der Waals surface area contributed by atoms with Gasteiger partial charge in [0.2, 0.25) is 0 Å². The smallest absolute Gasteiger partial charge is 0.133 e. The van der Waals surface area contributed by atoms with Crippen LogP contribution in [0.15, 0.2) is 22.7 Å². The molecule has 0 aromatic heterocycles. The molecule has 0 aliphatic heterocycles. The van der Waals surface area contributed by atoms with Crippen LogP contribution in [0.2, 0.25) is 0 Å². The first-order chi connectivity index (χ1) is 7.19. The van der Waals surface area contributed by atoms with E-state index in [0.29, 0.717) is 6.61 Å². The Labute approximate surface area is 105 Å². The molecule has 0 bridgehead atoms. The standard InChI is InChI=1S/C12H16BrClO/c1-3-5-11(14)9-6-7-12(15-4-2)10(13)8-9/h6-8,11H,3-5H2,1-2H3. The fraction of sp³-hybridized carbons (Fsp3) is 0.500. The summed E-state index contributed by atoms with van der Waals surface area (Å²) >= 11 is 9.73. The highest BCUT2D eigenvalue weighted by Gasteiger charge is 2.09. The average molecular weight is 292 g/mol. The van der Waals surface area contributed by atoms with Gasteiger partial charge in [-0.1, -0.05) is 19.4 Å². The van der Waals surface area contributed by atoms with Crippen LogP contribution in [-0.4, -0.2) is 6.61 Å². The third-order valence-electron chi connectivity index (χ3n) is 2.16. The van der Waals surface area contributed by atoms with E-state index in [-0.39, 0.29) is 5.38 Å². The Kier molecular flexibility index (Phi) is 5.48. The number of alkyl halides is 1. The maximum Gasteiger partial charge on any atom is 0.133 e. The second-order valence-corrected chi connectivity index (χ2v) is 4.76. The van der Waals surface area contributed by atoms with Crippen molar-refractivity contribution >= 4 is 27.5 Å². The summed E-state index contributed by atoms with van der Waals surface area (Å²) in [6.45, 7) is 4.79. The molecule has 0 saturated carbocycles. The molecule has 0 spiro atoms. The monoisotopic (exact) mass is 290 g/mol. The number of hydrogen-bond acceptors (Lipinski definition) is 1. The zero-order valence-electron chi connectivity index (χ0n) is 9.09. The molecule has 1 atom stereocenters. The third-order valence-corrected chi connectivity index (χ3v) is 3.25.